The van der Waals surface area contributed by atoms with E-state index in [-0.39, 0.29) is 4.90 Å². The first kappa shape index (κ1) is 18.9. The second kappa shape index (κ2) is 7.51. The van der Waals surface area contributed by atoms with Gasteiger partial charge in [-0.3, -0.25) is 4.72 Å². The zero-order valence-electron chi connectivity index (χ0n) is 16.5. The molecule has 0 radical (unpaired) electrons. The predicted molar refractivity (Wildman–Crippen MR) is 114 cm³/mol. The SMILES string of the molecule is CC1=CC=C(NS(=O)(=O)c2ccc(N3CCCC3)cc2)n2cc(C)cc2CC1. The van der Waals surface area contributed by atoms with Crippen LogP contribution < -0.4 is 9.62 Å². The van der Waals surface area contributed by atoms with Crippen molar-refractivity contribution in [3.05, 3.63) is 65.5 Å². The first-order valence-corrected chi connectivity index (χ1v) is 11.3. The van der Waals surface area contributed by atoms with Crippen LogP contribution in [0.3, 0.4) is 0 Å². The van der Waals surface area contributed by atoms with Gasteiger partial charge in [-0.25, -0.2) is 8.42 Å². The zero-order chi connectivity index (χ0) is 19.7. The maximum atomic E-state index is 13.0. The fourth-order valence-corrected chi connectivity index (χ4v) is 4.93. The fourth-order valence-electron chi connectivity index (χ4n) is 3.87. The Balaban J connectivity index is 1.62. The summed E-state index contributed by atoms with van der Waals surface area (Å²) in [4.78, 5) is 2.58. The van der Waals surface area contributed by atoms with E-state index in [2.05, 4.69) is 22.6 Å². The number of fused-ring (bicyclic) bond motifs is 1. The Bertz CT molecular complexity index is 1020. The summed E-state index contributed by atoms with van der Waals surface area (Å²) in [6, 6.07) is 9.32. The number of nitrogens with one attached hydrogen (secondary N) is 1. The second-order valence-corrected chi connectivity index (χ2v) is 9.42. The Morgan fingerprint density at radius 2 is 1.68 bits per heavy atom. The Morgan fingerprint density at radius 3 is 2.39 bits per heavy atom. The van der Waals surface area contributed by atoms with Gasteiger partial charge in [0.2, 0.25) is 0 Å². The van der Waals surface area contributed by atoms with Gasteiger partial charge in [0, 0.05) is 30.7 Å². The van der Waals surface area contributed by atoms with Gasteiger partial charge in [-0.15, -0.1) is 0 Å². The van der Waals surface area contributed by atoms with Gasteiger partial charge >= 0.3 is 0 Å². The molecule has 0 amide bonds. The summed E-state index contributed by atoms with van der Waals surface area (Å²) in [5.41, 5.74) is 4.55. The van der Waals surface area contributed by atoms with Crippen molar-refractivity contribution in [1.82, 2.24) is 9.29 Å². The molecule has 6 heteroatoms. The molecular formula is C22H27N3O2S. The molecule has 2 aromatic rings. The number of nitrogens with zero attached hydrogens (tertiary/aromatic N) is 2. The highest BCUT2D eigenvalue weighted by Gasteiger charge is 2.20. The van der Waals surface area contributed by atoms with E-state index in [1.54, 1.807) is 12.1 Å². The molecule has 3 heterocycles. The summed E-state index contributed by atoms with van der Waals surface area (Å²) in [6.45, 7) is 6.18. The number of anilines is 1. The summed E-state index contributed by atoms with van der Waals surface area (Å²) in [7, 11) is -3.67. The molecule has 0 spiro atoms. The molecule has 148 valence electrons. The second-order valence-electron chi connectivity index (χ2n) is 7.74. The summed E-state index contributed by atoms with van der Waals surface area (Å²) >= 11 is 0. The van der Waals surface area contributed by atoms with Gasteiger partial charge < -0.3 is 9.47 Å². The van der Waals surface area contributed by atoms with Crippen molar-refractivity contribution in [2.24, 2.45) is 0 Å². The normalized spacial score (nSPS) is 17.4. The van der Waals surface area contributed by atoms with Crippen LogP contribution in [-0.2, 0) is 16.4 Å². The van der Waals surface area contributed by atoms with Crippen LogP contribution in [0.2, 0.25) is 0 Å². The van der Waals surface area contributed by atoms with E-state index in [4.69, 9.17) is 0 Å². The lowest BCUT2D eigenvalue weighted by molar-refractivity contribution is 0.590. The third-order valence-corrected chi connectivity index (χ3v) is 6.82. The molecular weight excluding hydrogens is 370 g/mol. The van der Waals surface area contributed by atoms with Crippen LogP contribution in [0.5, 0.6) is 0 Å². The van der Waals surface area contributed by atoms with E-state index in [0.29, 0.717) is 5.82 Å². The standard InChI is InChI=1S/C22H27N3O2S/c1-17-5-7-20-15-18(2)16-25(20)22(12-6-17)23-28(26,27)21-10-8-19(9-11-21)24-13-3-4-14-24/h6,8-12,15-16,23H,3-5,7,13-14H2,1-2H3. The van der Waals surface area contributed by atoms with Crippen LogP contribution in [0.15, 0.2) is 59.1 Å². The number of rotatable bonds is 4. The smallest absolute Gasteiger partial charge is 0.263 e. The average molecular weight is 398 g/mol. The van der Waals surface area contributed by atoms with Crippen LogP contribution in [0.25, 0.3) is 5.82 Å². The first-order valence-electron chi connectivity index (χ1n) is 9.86. The van der Waals surface area contributed by atoms with Crippen molar-refractivity contribution in [2.75, 3.05) is 18.0 Å². The molecule has 1 N–H and O–H groups in total. The van der Waals surface area contributed by atoms with Crippen LogP contribution in [-0.4, -0.2) is 26.1 Å². The number of allylic oxidation sites excluding steroid dienone is 3. The van der Waals surface area contributed by atoms with E-state index in [1.165, 1.54) is 18.4 Å². The minimum absolute atomic E-state index is 0.282. The molecule has 1 aromatic carbocycles. The molecule has 0 atom stereocenters. The highest BCUT2D eigenvalue weighted by Crippen LogP contribution is 2.24. The average Bonchev–Trinajstić information content (AvgIpc) is 3.32. The van der Waals surface area contributed by atoms with Gasteiger partial charge in [0.15, 0.2) is 0 Å². The van der Waals surface area contributed by atoms with Gasteiger partial charge in [-0.1, -0.05) is 11.6 Å². The molecule has 1 saturated heterocycles. The Morgan fingerprint density at radius 1 is 0.964 bits per heavy atom. The maximum Gasteiger partial charge on any atom is 0.263 e. The minimum atomic E-state index is -3.67. The summed E-state index contributed by atoms with van der Waals surface area (Å²) in [5, 5.41) is 0. The largest absolute Gasteiger partial charge is 0.372 e. The molecule has 0 aliphatic carbocycles. The molecule has 5 nitrogen and oxygen atoms in total. The highest BCUT2D eigenvalue weighted by atomic mass is 32.2. The van der Waals surface area contributed by atoms with Crippen molar-refractivity contribution >= 4 is 21.5 Å². The minimum Gasteiger partial charge on any atom is -0.372 e. The molecule has 1 fully saturated rings. The number of benzene rings is 1. The van der Waals surface area contributed by atoms with Crippen molar-refractivity contribution < 1.29 is 8.42 Å². The molecule has 28 heavy (non-hydrogen) atoms. The lowest BCUT2D eigenvalue weighted by atomic mass is 10.1. The molecule has 1 aromatic heterocycles. The first-order chi connectivity index (χ1) is 13.4. The lowest BCUT2D eigenvalue weighted by Crippen LogP contribution is -2.26. The number of aryl methyl sites for hydroxylation is 2. The van der Waals surface area contributed by atoms with Gasteiger partial charge in [-0.2, -0.15) is 0 Å². The third-order valence-electron chi connectivity index (χ3n) is 5.45. The van der Waals surface area contributed by atoms with Crippen LogP contribution >= 0.6 is 0 Å². The Labute approximate surface area is 167 Å². The molecule has 2 aliphatic heterocycles. The molecule has 2 aliphatic rings. The van der Waals surface area contributed by atoms with Gasteiger partial charge in [-0.05, 0) is 81.5 Å². The van der Waals surface area contributed by atoms with E-state index in [9.17, 15) is 8.42 Å². The number of sulfonamides is 1. The Hall–Kier alpha value is -2.47. The molecule has 0 unspecified atom stereocenters. The molecule has 0 bridgehead atoms. The number of hydrogen-bond acceptors (Lipinski definition) is 3. The van der Waals surface area contributed by atoms with Crippen molar-refractivity contribution in [3.8, 4) is 0 Å². The lowest BCUT2D eigenvalue weighted by Gasteiger charge is -2.19. The van der Waals surface area contributed by atoms with Crippen molar-refractivity contribution in [1.29, 1.82) is 0 Å². The number of aromatic nitrogens is 1. The van der Waals surface area contributed by atoms with Gasteiger partial charge in [0.1, 0.15) is 5.82 Å². The summed E-state index contributed by atoms with van der Waals surface area (Å²) < 4.78 is 30.8. The zero-order valence-corrected chi connectivity index (χ0v) is 17.3. The molecule has 4 rings (SSSR count). The Kier molecular flexibility index (Phi) is 5.06. The van der Waals surface area contributed by atoms with Gasteiger partial charge in [0.05, 0.1) is 4.90 Å². The summed E-state index contributed by atoms with van der Waals surface area (Å²) in [6.07, 6.45) is 10.1. The summed E-state index contributed by atoms with van der Waals surface area (Å²) in [5.74, 6) is 0.561. The van der Waals surface area contributed by atoms with Gasteiger partial charge in [0.25, 0.3) is 10.0 Å². The van der Waals surface area contributed by atoms with E-state index >= 15 is 0 Å². The quantitative estimate of drug-likeness (QED) is 0.846. The maximum absolute atomic E-state index is 13.0. The van der Waals surface area contributed by atoms with E-state index in [1.807, 2.05) is 42.0 Å². The monoisotopic (exact) mass is 397 g/mol. The molecule has 0 saturated carbocycles. The highest BCUT2D eigenvalue weighted by molar-refractivity contribution is 7.89. The van der Waals surface area contributed by atoms with Crippen molar-refractivity contribution in [2.45, 2.75) is 44.4 Å². The van der Waals surface area contributed by atoms with Crippen LogP contribution in [0.1, 0.15) is 37.4 Å². The van der Waals surface area contributed by atoms with Crippen molar-refractivity contribution in [3.63, 3.8) is 0 Å². The number of hydrogen-bond donors (Lipinski definition) is 1. The predicted octanol–water partition coefficient (Wildman–Crippen LogP) is 4.07. The van der Waals surface area contributed by atoms with E-state index in [0.717, 1.165) is 42.9 Å². The van der Waals surface area contributed by atoms with E-state index < -0.39 is 10.0 Å². The fraction of sp³-hybridized carbons (Fsp3) is 0.364. The van der Waals surface area contributed by atoms with Crippen LogP contribution in [0.4, 0.5) is 5.69 Å². The third kappa shape index (κ3) is 3.87. The topological polar surface area (TPSA) is 54.3 Å². The van der Waals surface area contributed by atoms with Crippen LogP contribution in [0, 0.1) is 6.92 Å².